The number of hydrogen-bond acceptors (Lipinski definition) is 5. The molecular formula is C31H48FNO4Sn. The van der Waals surface area contributed by atoms with Crippen molar-refractivity contribution in [2.45, 2.75) is 72.6 Å². The minimum atomic E-state index is -2.83. The number of unbranched alkanes of at least 4 members (excludes halogenated alkanes) is 3. The van der Waals surface area contributed by atoms with Gasteiger partial charge in [-0.25, -0.2) is 0 Å². The van der Waals surface area contributed by atoms with E-state index in [0.717, 1.165) is 17.0 Å². The van der Waals surface area contributed by atoms with E-state index >= 15 is 0 Å². The fourth-order valence-electron chi connectivity index (χ4n) is 4.73. The Bertz CT molecular complexity index is 901. The summed E-state index contributed by atoms with van der Waals surface area (Å²) in [6, 6.07) is 9.59. The maximum atomic E-state index is 12.2. The Hall–Kier alpha value is -1.64. The SMILES string of the molecule is CCC[CH2][Sn]([CH2]CCC)([CH2]CCC)[c]1cc(C=Cc2ccc(O)cc2)cnc1OCCOCCOCCF. The molecule has 0 saturated carbocycles. The number of hydrogen-bond donors (Lipinski definition) is 1. The summed E-state index contributed by atoms with van der Waals surface area (Å²) in [6.07, 6.45) is 13.5. The molecule has 1 heterocycles. The number of alkyl halides is 1. The zero-order chi connectivity index (χ0) is 27.5. The molecule has 7 heteroatoms. The summed E-state index contributed by atoms with van der Waals surface area (Å²) < 4.78 is 34.6. The Morgan fingerprint density at radius 2 is 1.34 bits per heavy atom. The molecule has 2 rings (SSSR count). The first kappa shape index (κ1) is 32.6. The summed E-state index contributed by atoms with van der Waals surface area (Å²) in [5.41, 5.74) is 2.13. The van der Waals surface area contributed by atoms with Crippen LogP contribution in [0.1, 0.15) is 70.4 Å². The van der Waals surface area contributed by atoms with Gasteiger partial charge in [0.2, 0.25) is 0 Å². The van der Waals surface area contributed by atoms with Gasteiger partial charge in [0, 0.05) is 0 Å². The van der Waals surface area contributed by atoms with Gasteiger partial charge in [0.1, 0.15) is 0 Å². The predicted molar refractivity (Wildman–Crippen MR) is 159 cm³/mol. The molecule has 0 fully saturated rings. The number of aromatic nitrogens is 1. The molecule has 5 nitrogen and oxygen atoms in total. The Kier molecular flexibility index (Phi) is 16.6. The number of aromatic hydroxyl groups is 1. The summed E-state index contributed by atoms with van der Waals surface area (Å²) in [7, 11) is 0. The van der Waals surface area contributed by atoms with Gasteiger partial charge in [0.15, 0.2) is 0 Å². The third kappa shape index (κ3) is 11.6. The first-order valence-electron chi connectivity index (χ1n) is 14.4. The minimum absolute atomic E-state index is 0.114. The van der Waals surface area contributed by atoms with E-state index in [1.165, 1.54) is 55.4 Å². The molecule has 0 aliphatic carbocycles. The van der Waals surface area contributed by atoms with Crippen molar-refractivity contribution < 1.29 is 23.7 Å². The van der Waals surface area contributed by atoms with Crippen LogP contribution in [0.4, 0.5) is 4.39 Å². The van der Waals surface area contributed by atoms with Gasteiger partial charge in [-0.1, -0.05) is 0 Å². The number of phenols is 1. The summed E-state index contributed by atoms with van der Waals surface area (Å²) >= 11 is -2.83. The molecule has 0 atom stereocenters. The van der Waals surface area contributed by atoms with Gasteiger partial charge in [0.05, 0.1) is 0 Å². The maximum absolute atomic E-state index is 12.2. The zero-order valence-corrected chi connectivity index (χ0v) is 26.6. The molecule has 0 bridgehead atoms. The molecule has 0 aliphatic heterocycles. The van der Waals surface area contributed by atoms with E-state index < -0.39 is 25.1 Å². The van der Waals surface area contributed by atoms with Gasteiger partial charge in [-0.3, -0.25) is 0 Å². The van der Waals surface area contributed by atoms with Crippen molar-refractivity contribution in [3.05, 3.63) is 47.7 Å². The number of benzene rings is 1. The average Bonchev–Trinajstić information content (AvgIpc) is 2.94. The number of halogens is 1. The first-order chi connectivity index (χ1) is 18.6. The van der Waals surface area contributed by atoms with Gasteiger partial charge < -0.3 is 0 Å². The van der Waals surface area contributed by atoms with Crippen LogP contribution in [-0.4, -0.2) is 68.2 Å². The number of phenolic OH excluding ortho intramolecular Hbond substituents is 1. The molecule has 0 radical (unpaired) electrons. The number of nitrogens with zero attached hydrogens (tertiary/aromatic N) is 1. The van der Waals surface area contributed by atoms with Crippen molar-refractivity contribution in [3.8, 4) is 11.6 Å². The van der Waals surface area contributed by atoms with E-state index in [1.54, 1.807) is 12.1 Å². The standard InChI is InChI=1S/C19H21FNO4.3C4H9.Sn/c20-9-10-23-11-12-24-13-14-25-19-8-5-17(15-21-19)2-1-16-3-6-18(22)7-4-16;3*1-3-4-2;/h1-7,15,22H,9-14H2;3*1,3-4H2,2H3;. The Morgan fingerprint density at radius 1 is 0.789 bits per heavy atom. The van der Waals surface area contributed by atoms with Crippen LogP contribution >= 0.6 is 0 Å². The second-order valence-corrected chi connectivity index (χ2v) is 23.0. The van der Waals surface area contributed by atoms with E-state index in [4.69, 9.17) is 19.2 Å². The second-order valence-electron chi connectivity index (χ2n) is 9.90. The fraction of sp³-hybridized carbons (Fsp3) is 0.581. The molecular weight excluding hydrogens is 588 g/mol. The molecule has 2 aromatic rings. The molecule has 0 amide bonds. The summed E-state index contributed by atoms with van der Waals surface area (Å²) in [4.78, 5) is 4.87. The van der Waals surface area contributed by atoms with Crippen molar-refractivity contribution in [1.82, 2.24) is 4.98 Å². The van der Waals surface area contributed by atoms with Gasteiger partial charge in [-0.2, -0.15) is 0 Å². The molecule has 0 unspecified atom stereocenters. The monoisotopic (exact) mass is 637 g/mol. The Morgan fingerprint density at radius 3 is 1.92 bits per heavy atom. The average molecular weight is 636 g/mol. The van der Waals surface area contributed by atoms with Crippen molar-refractivity contribution in [2.75, 3.05) is 39.7 Å². The van der Waals surface area contributed by atoms with Crippen molar-refractivity contribution >= 4 is 34.1 Å². The molecule has 1 N–H and O–H groups in total. The van der Waals surface area contributed by atoms with Gasteiger partial charge >= 0.3 is 234 Å². The summed E-state index contributed by atoms with van der Waals surface area (Å²) in [5, 5.41) is 9.59. The van der Waals surface area contributed by atoms with Crippen LogP contribution in [0.5, 0.6) is 11.6 Å². The van der Waals surface area contributed by atoms with Crippen LogP contribution in [0, 0.1) is 0 Å². The van der Waals surface area contributed by atoms with Crippen LogP contribution < -0.4 is 8.32 Å². The second kappa shape index (κ2) is 19.4. The van der Waals surface area contributed by atoms with E-state index in [-0.39, 0.29) is 12.4 Å². The molecule has 0 spiro atoms. The summed E-state index contributed by atoms with van der Waals surface area (Å²) in [6.45, 7) is 8.21. The summed E-state index contributed by atoms with van der Waals surface area (Å²) in [5.74, 6) is 1.06. The molecule has 38 heavy (non-hydrogen) atoms. The van der Waals surface area contributed by atoms with Gasteiger partial charge in [0.25, 0.3) is 0 Å². The number of ether oxygens (including phenoxy) is 3. The Balaban J connectivity index is 2.32. The predicted octanol–water partition coefficient (Wildman–Crippen LogP) is 7.40. The topological polar surface area (TPSA) is 60.8 Å². The van der Waals surface area contributed by atoms with Crippen molar-refractivity contribution in [2.24, 2.45) is 0 Å². The van der Waals surface area contributed by atoms with Crippen LogP contribution in [0.2, 0.25) is 13.3 Å². The van der Waals surface area contributed by atoms with Crippen LogP contribution in [0.15, 0.2) is 36.5 Å². The molecule has 212 valence electrons. The zero-order valence-electron chi connectivity index (χ0n) is 23.7. The Labute approximate surface area is 233 Å². The third-order valence-corrected chi connectivity index (χ3v) is 22.4. The number of pyridine rings is 1. The molecule has 0 saturated heterocycles. The van der Waals surface area contributed by atoms with Gasteiger partial charge in [-0.05, 0) is 0 Å². The quantitative estimate of drug-likeness (QED) is 0.114. The first-order valence-corrected chi connectivity index (χ1v) is 21.9. The van der Waals surface area contributed by atoms with E-state index in [2.05, 4.69) is 39.0 Å². The molecule has 0 aliphatic rings. The normalized spacial score (nSPS) is 11.9. The van der Waals surface area contributed by atoms with Crippen molar-refractivity contribution in [3.63, 3.8) is 0 Å². The van der Waals surface area contributed by atoms with E-state index in [1.807, 2.05) is 18.3 Å². The molecule has 1 aromatic carbocycles. The number of rotatable bonds is 21. The van der Waals surface area contributed by atoms with Crippen LogP contribution in [-0.2, 0) is 9.47 Å². The van der Waals surface area contributed by atoms with E-state index in [9.17, 15) is 9.50 Å². The van der Waals surface area contributed by atoms with Crippen LogP contribution in [0.25, 0.3) is 12.2 Å². The van der Waals surface area contributed by atoms with Crippen molar-refractivity contribution in [1.29, 1.82) is 0 Å². The fourth-order valence-corrected chi connectivity index (χ4v) is 21.0. The molecule has 1 aromatic heterocycles. The van der Waals surface area contributed by atoms with E-state index in [0.29, 0.717) is 26.4 Å². The third-order valence-electron chi connectivity index (χ3n) is 6.89. The van der Waals surface area contributed by atoms with Gasteiger partial charge in [-0.15, -0.1) is 0 Å². The van der Waals surface area contributed by atoms with Crippen LogP contribution in [0.3, 0.4) is 0 Å².